The first kappa shape index (κ1) is 16.4. The third-order valence-corrected chi connectivity index (χ3v) is 4.90. The maximum atomic E-state index is 12.1. The van der Waals surface area contributed by atoms with Crippen LogP contribution in [0.1, 0.15) is 36.4 Å². The second-order valence-electron chi connectivity index (χ2n) is 6.61. The summed E-state index contributed by atoms with van der Waals surface area (Å²) < 4.78 is 5.34. The van der Waals surface area contributed by atoms with Gasteiger partial charge in [-0.1, -0.05) is 24.3 Å². The topological polar surface area (TPSA) is 76.4 Å². The van der Waals surface area contributed by atoms with E-state index >= 15 is 0 Å². The Hall–Kier alpha value is -1.43. The fourth-order valence-electron chi connectivity index (χ4n) is 3.56. The number of hydrogen-bond acceptors (Lipinski definition) is 4. The van der Waals surface area contributed by atoms with Crippen LogP contribution in [-0.2, 0) is 16.0 Å². The van der Waals surface area contributed by atoms with Crippen molar-refractivity contribution in [3.05, 3.63) is 35.4 Å². The van der Waals surface area contributed by atoms with Crippen molar-refractivity contribution in [1.82, 2.24) is 10.6 Å². The molecule has 0 radical (unpaired) electrons. The highest BCUT2D eigenvalue weighted by Gasteiger charge is 2.23. The number of hydrogen-bond donors (Lipinski definition) is 3. The van der Waals surface area contributed by atoms with Crippen molar-refractivity contribution in [1.29, 1.82) is 0 Å². The molecular weight excluding hydrogens is 290 g/mol. The van der Waals surface area contributed by atoms with E-state index in [1.807, 2.05) is 0 Å². The van der Waals surface area contributed by atoms with Gasteiger partial charge in [0.05, 0.1) is 6.04 Å². The average Bonchev–Trinajstić information content (AvgIpc) is 3.08. The van der Waals surface area contributed by atoms with Gasteiger partial charge in [-0.2, -0.15) is 0 Å². The summed E-state index contributed by atoms with van der Waals surface area (Å²) in [4.78, 5) is 12.1. The van der Waals surface area contributed by atoms with Crippen molar-refractivity contribution in [2.45, 2.75) is 37.8 Å². The zero-order valence-corrected chi connectivity index (χ0v) is 13.6. The second-order valence-corrected chi connectivity index (χ2v) is 6.61. The Bertz CT molecular complexity index is 529. The molecule has 23 heavy (non-hydrogen) atoms. The lowest BCUT2D eigenvalue weighted by molar-refractivity contribution is -0.122. The maximum Gasteiger partial charge on any atom is 0.236 e. The molecule has 2 heterocycles. The van der Waals surface area contributed by atoms with Crippen LogP contribution in [0.5, 0.6) is 0 Å². The van der Waals surface area contributed by atoms with Gasteiger partial charge in [-0.25, -0.2) is 0 Å². The maximum absolute atomic E-state index is 12.1. The molecule has 3 atom stereocenters. The minimum absolute atomic E-state index is 0.0407. The molecular formula is C18H27N3O2. The largest absolute Gasteiger partial charge is 0.381 e. The van der Waals surface area contributed by atoms with E-state index in [1.165, 1.54) is 11.1 Å². The quantitative estimate of drug-likeness (QED) is 0.735. The summed E-state index contributed by atoms with van der Waals surface area (Å²) >= 11 is 0. The molecule has 5 nitrogen and oxygen atoms in total. The summed E-state index contributed by atoms with van der Waals surface area (Å²) in [5.74, 6) is 0.392. The molecule has 0 aromatic heterocycles. The number of carbonyl (C=O) groups excluding carboxylic acids is 1. The fourth-order valence-corrected chi connectivity index (χ4v) is 3.56. The Morgan fingerprint density at radius 2 is 2.30 bits per heavy atom. The number of amides is 1. The molecule has 1 aromatic rings. The van der Waals surface area contributed by atoms with Crippen LogP contribution in [0.25, 0.3) is 0 Å². The third kappa shape index (κ3) is 4.31. The van der Waals surface area contributed by atoms with Crippen molar-refractivity contribution in [2.24, 2.45) is 11.7 Å². The summed E-state index contributed by atoms with van der Waals surface area (Å²) in [6, 6.07) is 8.44. The lowest BCUT2D eigenvalue weighted by Gasteiger charge is -2.27. The van der Waals surface area contributed by atoms with Crippen molar-refractivity contribution in [3.63, 3.8) is 0 Å². The van der Waals surface area contributed by atoms with E-state index in [0.29, 0.717) is 18.5 Å². The van der Waals surface area contributed by atoms with Crippen LogP contribution < -0.4 is 16.4 Å². The van der Waals surface area contributed by atoms with E-state index < -0.39 is 6.04 Å². The van der Waals surface area contributed by atoms with Crippen molar-refractivity contribution < 1.29 is 9.53 Å². The predicted molar refractivity (Wildman–Crippen MR) is 90.0 cm³/mol. The van der Waals surface area contributed by atoms with Crippen molar-refractivity contribution in [3.8, 4) is 0 Å². The van der Waals surface area contributed by atoms with Crippen LogP contribution in [0.3, 0.4) is 0 Å². The summed E-state index contributed by atoms with van der Waals surface area (Å²) in [5.41, 5.74) is 8.79. The lowest BCUT2D eigenvalue weighted by Crippen LogP contribution is -2.43. The Morgan fingerprint density at radius 3 is 3.13 bits per heavy atom. The first-order valence-corrected chi connectivity index (χ1v) is 8.66. The molecule has 4 N–H and O–H groups in total. The zero-order valence-electron chi connectivity index (χ0n) is 13.6. The Labute approximate surface area is 138 Å². The van der Waals surface area contributed by atoms with E-state index in [4.69, 9.17) is 10.5 Å². The summed E-state index contributed by atoms with van der Waals surface area (Å²) in [6.07, 6.45) is 3.70. The van der Waals surface area contributed by atoms with Gasteiger partial charge in [0.25, 0.3) is 0 Å². The van der Waals surface area contributed by atoms with Crippen molar-refractivity contribution >= 4 is 5.91 Å². The number of carbonyl (C=O) groups is 1. The van der Waals surface area contributed by atoms with Gasteiger partial charge in [0, 0.05) is 25.8 Å². The van der Waals surface area contributed by atoms with Gasteiger partial charge >= 0.3 is 0 Å². The van der Waals surface area contributed by atoms with Crippen LogP contribution in [0.2, 0.25) is 0 Å². The SMILES string of the molecule is NC(CC1CCOC1)C(=O)NCCC1NCCc2ccccc21. The van der Waals surface area contributed by atoms with E-state index in [1.54, 1.807) is 0 Å². The Kier molecular flexibility index (Phi) is 5.65. The van der Waals surface area contributed by atoms with Gasteiger partial charge in [0.1, 0.15) is 0 Å². The number of benzene rings is 1. The van der Waals surface area contributed by atoms with Crippen LogP contribution in [0, 0.1) is 5.92 Å². The molecule has 1 aromatic carbocycles. The van der Waals surface area contributed by atoms with Crippen LogP contribution in [-0.4, -0.2) is 38.3 Å². The highest BCUT2D eigenvalue weighted by molar-refractivity contribution is 5.81. The van der Waals surface area contributed by atoms with Crippen LogP contribution in [0.15, 0.2) is 24.3 Å². The minimum atomic E-state index is -0.423. The number of nitrogens with one attached hydrogen (secondary N) is 2. The lowest BCUT2D eigenvalue weighted by atomic mass is 9.92. The van der Waals surface area contributed by atoms with Crippen LogP contribution >= 0.6 is 0 Å². The van der Waals surface area contributed by atoms with Crippen LogP contribution in [0.4, 0.5) is 0 Å². The Morgan fingerprint density at radius 1 is 1.43 bits per heavy atom. The molecule has 0 aliphatic carbocycles. The first-order valence-electron chi connectivity index (χ1n) is 8.66. The van der Waals surface area contributed by atoms with E-state index in [0.717, 1.165) is 45.4 Å². The smallest absolute Gasteiger partial charge is 0.236 e. The third-order valence-electron chi connectivity index (χ3n) is 4.90. The van der Waals surface area contributed by atoms with Gasteiger partial charge < -0.3 is 21.1 Å². The molecule has 126 valence electrons. The van der Waals surface area contributed by atoms with E-state index in [-0.39, 0.29) is 5.91 Å². The van der Waals surface area contributed by atoms with Gasteiger partial charge in [-0.05, 0) is 49.3 Å². The number of rotatable bonds is 6. The summed E-state index contributed by atoms with van der Waals surface area (Å²) in [6.45, 7) is 3.19. The zero-order chi connectivity index (χ0) is 16.1. The monoisotopic (exact) mass is 317 g/mol. The fraction of sp³-hybridized carbons (Fsp3) is 0.611. The molecule has 0 saturated carbocycles. The summed E-state index contributed by atoms with van der Waals surface area (Å²) in [7, 11) is 0. The first-order chi connectivity index (χ1) is 11.2. The standard InChI is InChI=1S/C18H27N3O2/c19-16(11-13-7-10-23-12-13)18(22)21-9-6-17-15-4-2-1-3-14(15)5-8-20-17/h1-4,13,16-17,20H,5-12,19H2,(H,21,22). The number of nitrogens with two attached hydrogens (primary N) is 1. The molecule has 1 saturated heterocycles. The molecule has 0 bridgehead atoms. The molecule has 1 amide bonds. The van der Waals surface area contributed by atoms with Crippen molar-refractivity contribution in [2.75, 3.05) is 26.3 Å². The average molecular weight is 317 g/mol. The van der Waals surface area contributed by atoms with Gasteiger partial charge in [0.15, 0.2) is 0 Å². The molecule has 5 heteroatoms. The second kappa shape index (κ2) is 7.90. The molecule has 3 rings (SSSR count). The molecule has 2 aliphatic rings. The van der Waals surface area contributed by atoms with Gasteiger partial charge in [-0.15, -0.1) is 0 Å². The Balaban J connectivity index is 1.43. The number of fused-ring (bicyclic) bond motifs is 1. The predicted octanol–water partition coefficient (Wildman–Crippen LogP) is 1.13. The normalized spacial score (nSPS) is 24.9. The van der Waals surface area contributed by atoms with Gasteiger partial charge in [0.2, 0.25) is 5.91 Å². The molecule has 0 spiro atoms. The number of ether oxygens (including phenoxy) is 1. The van der Waals surface area contributed by atoms with Gasteiger partial charge in [-0.3, -0.25) is 4.79 Å². The van der Waals surface area contributed by atoms with E-state index in [9.17, 15) is 4.79 Å². The molecule has 2 aliphatic heterocycles. The summed E-state index contributed by atoms with van der Waals surface area (Å²) in [5, 5.41) is 6.53. The highest BCUT2D eigenvalue weighted by atomic mass is 16.5. The van der Waals surface area contributed by atoms with E-state index in [2.05, 4.69) is 34.9 Å². The highest BCUT2D eigenvalue weighted by Crippen LogP contribution is 2.24. The molecule has 1 fully saturated rings. The molecule has 3 unspecified atom stereocenters. The minimum Gasteiger partial charge on any atom is -0.381 e.